The summed E-state index contributed by atoms with van der Waals surface area (Å²) in [5.41, 5.74) is -3.72. The second-order valence-electron chi connectivity index (χ2n) is 6.13. The van der Waals surface area contributed by atoms with E-state index in [1.807, 2.05) is 0 Å². The van der Waals surface area contributed by atoms with E-state index in [9.17, 15) is 35.9 Å². The largest absolute Gasteiger partial charge is 0.494 e. The Balaban J connectivity index is 3.15. The van der Waals surface area contributed by atoms with Gasteiger partial charge in [-0.1, -0.05) is 12.1 Å². The molecule has 0 saturated carbocycles. The van der Waals surface area contributed by atoms with Crippen LogP contribution in [-0.2, 0) is 19.9 Å². The first kappa shape index (κ1) is 25.1. The van der Waals surface area contributed by atoms with Gasteiger partial charge in [0.25, 0.3) is 0 Å². The Bertz CT molecular complexity index is 771. The molecule has 0 bridgehead atoms. The number of alkyl halides is 6. The third-order valence-electron chi connectivity index (χ3n) is 3.93. The molecular formula is C18H18F6N2O4. The van der Waals surface area contributed by atoms with Gasteiger partial charge < -0.3 is 14.8 Å². The van der Waals surface area contributed by atoms with E-state index in [1.165, 1.54) is 6.07 Å². The first-order chi connectivity index (χ1) is 13.8. The summed E-state index contributed by atoms with van der Waals surface area (Å²) in [4.78, 5) is 23.4. The van der Waals surface area contributed by atoms with Crippen molar-refractivity contribution in [2.75, 3.05) is 13.7 Å². The zero-order valence-corrected chi connectivity index (χ0v) is 15.7. The van der Waals surface area contributed by atoms with Gasteiger partial charge in [-0.2, -0.15) is 31.6 Å². The Hall–Kier alpha value is -2.97. The fourth-order valence-electron chi connectivity index (χ4n) is 2.49. The standard InChI is InChI=1S/C18H18F6N2O4/c1-29-15(28)11-16(18(22,23)24,26-14(27)7-9-25)12-3-5-13(6-4-12)30-10-2-8-17(19,20)21/h3-6H,2,7-8,10-11H2,1H3,(H,26,27). The second kappa shape index (κ2) is 10.2. The van der Waals surface area contributed by atoms with Gasteiger partial charge >= 0.3 is 18.3 Å². The number of ether oxygens (including phenoxy) is 2. The lowest BCUT2D eigenvalue weighted by Gasteiger charge is -2.36. The molecule has 1 atom stereocenters. The zero-order valence-electron chi connectivity index (χ0n) is 15.7. The molecule has 1 amide bonds. The van der Waals surface area contributed by atoms with Crippen LogP contribution < -0.4 is 10.1 Å². The Morgan fingerprint density at radius 2 is 1.70 bits per heavy atom. The van der Waals surface area contributed by atoms with Crippen LogP contribution in [-0.4, -0.2) is 37.9 Å². The summed E-state index contributed by atoms with van der Waals surface area (Å²) in [7, 11) is 0.873. The van der Waals surface area contributed by atoms with E-state index in [0.29, 0.717) is 0 Å². The van der Waals surface area contributed by atoms with Gasteiger partial charge in [-0.25, -0.2) is 0 Å². The normalized spacial score (nSPS) is 13.7. The maximum Gasteiger partial charge on any atom is 0.416 e. The fraction of sp³-hybridized carbons (Fsp3) is 0.500. The number of amides is 1. The van der Waals surface area contributed by atoms with Gasteiger partial charge in [-0.05, 0) is 24.1 Å². The number of hydrogen-bond donors (Lipinski definition) is 1. The lowest BCUT2D eigenvalue weighted by atomic mass is 9.85. The third kappa shape index (κ3) is 7.13. The molecule has 0 radical (unpaired) electrons. The van der Waals surface area contributed by atoms with Crippen LogP contribution >= 0.6 is 0 Å². The predicted octanol–water partition coefficient (Wildman–Crippen LogP) is 3.76. The summed E-state index contributed by atoms with van der Waals surface area (Å²) in [6.45, 7) is -0.315. The van der Waals surface area contributed by atoms with Crippen molar-refractivity contribution >= 4 is 11.9 Å². The number of esters is 1. The van der Waals surface area contributed by atoms with Crippen molar-refractivity contribution in [3.8, 4) is 11.8 Å². The first-order valence-corrected chi connectivity index (χ1v) is 8.46. The van der Waals surface area contributed by atoms with Crippen molar-refractivity contribution in [3.05, 3.63) is 29.8 Å². The van der Waals surface area contributed by atoms with Gasteiger partial charge in [-0.15, -0.1) is 0 Å². The van der Waals surface area contributed by atoms with Crippen LogP contribution in [0.4, 0.5) is 26.3 Å². The summed E-state index contributed by atoms with van der Waals surface area (Å²) in [5.74, 6) is -2.53. The maximum atomic E-state index is 14.0. The number of nitrogens with zero attached hydrogens (tertiary/aromatic N) is 1. The number of carbonyl (C=O) groups excluding carboxylic acids is 2. The molecule has 0 fully saturated rings. The maximum absolute atomic E-state index is 14.0. The Kier molecular flexibility index (Phi) is 8.50. The Morgan fingerprint density at radius 3 is 2.17 bits per heavy atom. The molecule has 166 valence electrons. The van der Waals surface area contributed by atoms with Crippen molar-refractivity contribution in [1.29, 1.82) is 5.26 Å². The van der Waals surface area contributed by atoms with Crippen molar-refractivity contribution < 1.29 is 45.4 Å². The molecule has 1 N–H and O–H groups in total. The predicted molar refractivity (Wildman–Crippen MR) is 90.0 cm³/mol. The van der Waals surface area contributed by atoms with E-state index in [-0.39, 0.29) is 18.8 Å². The Labute approximate surface area is 167 Å². The molecule has 1 rings (SSSR count). The molecule has 0 spiro atoms. The topological polar surface area (TPSA) is 88.4 Å². The van der Waals surface area contributed by atoms with Gasteiger partial charge in [0.05, 0.1) is 26.2 Å². The highest BCUT2D eigenvalue weighted by atomic mass is 19.4. The SMILES string of the molecule is COC(=O)CC(NC(=O)CC#N)(c1ccc(OCCCC(F)(F)F)cc1)C(F)(F)F. The van der Waals surface area contributed by atoms with Gasteiger partial charge in [-0.3, -0.25) is 9.59 Å². The van der Waals surface area contributed by atoms with Crippen LogP contribution in [0.5, 0.6) is 5.75 Å². The van der Waals surface area contributed by atoms with Gasteiger partial charge in [0.15, 0.2) is 5.54 Å². The van der Waals surface area contributed by atoms with E-state index in [1.54, 1.807) is 5.32 Å². The highest BCUT2D eigenvalue weighted by Gasteiger charge is 2.58. The molecule has 0 heterocycles. The van der Waals surface area contributed by atoms with E-state index < -0.39 is 54.6 Å². The molecule has 1 aromatic rings. The number of carbonyl (C=O) groups is 2. The second-order valence-corrected chi connectivity index (χ2v) is 6.13. The molecule has 1 aromatic carbocycles. The summed E-state index contributed by atoms with van der Waals surface area (Å²) < 4.78 is 87.7. The van der Waals surface area contributed by atoms with Crippen LogP contribution in [0.25, 0.3) is 0 Å². The van der Waals surface area contributed by atoms with Crippen LogP contribution in [0.2, 0.25) is 0 Å². The van der Waals surface area contributed by atoms with Crippen molar-refractivity contribution in [2.45, 2.75) is 43.6 Å². The summed E-state index contributed by atoms with van der Waals surface area (Å²) in [6, 6.07) is 5.38. The van der Waals surface area contributed by atoms with Crippen LogP contribution in [0.1, 0.15) is 31.2 Å². The molecule has 0 aromatic heterocycles. The first-order valence-electron chi connectivity index (χ1n) is 8.46. The van der Waals surface area contributed by atoms with Crippen LogP contribution in [0, 0.1) is 11.3 Å². The number of nitrogens with one attached hydrogen (secondary N) is 1. The van der Waals surface area contributed by atoms with Crippen molar-refractivity contribution in [3.63, 3.8) is 0 Å². The van der Waals surface area contributed by atoms with Crippen molar-refractivity contribution in [1.82, 2.24) is 5.32 Å². The quantitative estimate of drug-likeness (QED) is 0.359. The summed E-state index contributed by atoms with van der Waals surface area (Å²) in [6.07, 6.45) is -13.1. The van der Waals surface area contributed by atoms with E-state index >= 15 is 0 Å². The molecule has 12 heteroatoms. The minimum absolute atomic E-state index is 0.00146. The number of hydrogen-bond acceptors (Lipinski definition) is 5. The number of benzene rings is 1. The molecule has 30 heavy (non-hydrogen) atoms. The van der Waals surface area contributed by atoms with E-state index in [0.717, 1.165) is 31.4 Å². The van der Waals surface area contributed by atoms with Gasteiger partial charge in [0.2, 0.25) is 5.91 Å². The molecule has 0 saturated heterocycles. The summed E-state index contributed by atoms with van der Waals surface area (Å²) >= 11 is 0. The number of rotatable bonds is 9. The molecule has 0 aliphatic carbocycles. The van der Waals surface area contributed by atoms with Crippen LogP contribution in [0.3, 0.4) is 0 Å². The fourth-order valence-corrected chi connectivity index (χ4v) is 2.49. The smallest absolute Gasteiger partial charge is 0.416 e. The molecule has 0 aliphatic heterocycles. The minimum Gasteiger partial charge on any atom is -0.494 e. The number of halogens is 6. The monoisotopic (exact) mass is 440 g/mol. The zero-order chi connectivity index (χ0) is 23.0. The highest BCUT2D eigenvalue weighted by molar-refractivity contribution is 5.81. The van der Waals surface area contributed by atoms with Gasteiger partial charge in [0, 0.05) is 6.42 Å². The average molecular weight is 440 g/mol. The molecule has 1 unspecified atom stereocenters. The lowest BCUT2D eigenvalue weighted by molar-refractivity contribution is -0.208. The van der Waals surface area contributed by atoms with Crippen molar-refractivity contribution in [2.24, 2.45) is 0 Å². The molecular weight excluding hydrogens is 422 g/mol. The average Bonchev–Trinajstić information content (AvgIpc) is 2.63. The Morgan fingerprint density at radius 1 is 1.10 bits per heavy atom. The summed E-state index contributed by atoms with van der Waals surface area (Å²) in [5, 5.41) is 10.2. The number of nitriles is 1. The number of methoxy groups -OCH3 is 1. The van der Waals surface area contributed by atoms with Gasteiger partial charge in [0.1, 0.15) is 12.2 Å². The molecule has 0 aliphatic rings. The van der Waals surface area contributed by atoms with E-state index in [2.05, 4.69) is 4.74 Å². The third-order valence-corrected chi connectivity index (χ3v) is 3.93. The minimum atomic E-state index is -5.15. The van der Waals surface area contributed by atoms with E-state index in [4.69, 9.17) is 10.00 Å². The van der Waals surface area contributed by atoms with Crippen LogP contribution in [0.15, 0.2) is 24.3 Å². The highest BCUT2D eigenvalue weighted by Crippen LogP contribution is 2.42. The lowest BCUT2D eigenvalue weighted by Crippen LogP contribution is -2.57. The molecule has 6 nitrogen and oxygen atoms in total.